The minimum absolute atomic E-state index is 0.0392. The number of hydrogen-bond acceptors (Lipinski definition) is 8. The fourth-order valence-electron chi connectivity index (χ4n) is 6.15. The predicted molar refractivity (Wildman–Crippen MR) is 223 cm³/mol. The zero-order valence-electron chi connectivity index (χ0n) is 33.4. The molecule has 0 aliphatic carbocycles. The maximum Gasteiger partial charge on any atom is 0.414 e. The van der Waals surface area contributed by atoms with Gasteiger partial charge in [0.05, 0.1) is 17.8 Å². The minimum Gasteiger partial charge on any atom is -0.493 e. The van der Waals surface area contributed by atoms with Gasteiger partial charge in [-0.15, -0.1) is 0 Å². The van der Waals surface area contributed by atoms with Gasteiger partial charge in [0.15, 0.2) is 5.75 Å². The summed E-state index contributed by atoms with van der Waals surface area (Å²) in [4.78, 5) is 40.5. The molecule has 1 saturated heterocycles. The molecule has 0 spiro atoms. The average Bonchev–Trinajstić information content (AvgIpc) is 3.23. The summed E-state index contributed by atoms with van der Waals surface area (Å²) in [6.45, 7) is 12.6. The van der Waals surface area contributed by atoms with E-state index in [1.54, 1.807) is 24.4 Å². The van der Waals surface area contributed by atoms with Crippen LogP contribution in [-0.4, -0.2) is 75.6 Å². The molecule has 4 aromatic carbocycles. The largest absolute Gasteiger partial charge is 0.493 e. The summed E-state index contributed by atoms with van der Waals surface area (Å²) < 4.78 is 30.8. The van der Waals surface area contributed by atoms with Crippen LogP contribution in [0.2, 0.25) is 5.02 Å². The van der Waals surface area contributed by atoms with Crippen LogP contribution in [-0.2, 0) is 34.0 Å². The summed E-state index contributed by atoms with van der Waals surface area (Å²) in [6.07, 6.45) is 2.41. The number of carbonyl (C=O) groups excluding carboxylic acids is 1. The Hall–Kier alpha value is -6.24. The molecule has 308 valence electrons. The van der Waals surface area contributed by atoms with Crippen molar-refractivity contribution in [2.75, 3.05) is 32.8 Å². The number of benzene rings is 4. The van der Waals surface area contributed by atoms with Crippen LogP contribution in [0.3, 0.4) is 0 Å². The lowest BCUT2D eigenvalue weighted by Crippen LogP contribution is -2.48. The summed E-state index contributed by atoms with van der Waals surface area (Å²) in [6, 6.07) is 30.3. The first-order valence-electron chi connectivity index (χ1n) is 19.0. The molecule has 1 aromatic heterocycles. The van der Waals surface area contributed by atoms with E-state index in [0.29, 0.717) is 60.0 Å². The molecule has 0 atom stereocenters. The number of carboxylic acids is 2. The molecular weight excluding hydrogens is 777 g/mol. The number of piperazine rings is 1. The zero-order valence-corrected chi connectivity index (χ0v) is 34.2. The maximum atomic E-state index is 13.6. The number of aromatic nitrogens is 1. The van der Waals surface area contributed by atoms with Gasteiger partial charge in [0.1, 0.15) is 23.9 Å². The summed E-state index contributed by atoms with van der Waals surface area (Å²) in [5.41, 5.74) is 8.01. The molecule has 13 heteroatoms. The number of pyridine rings is 1. The van der Waals surface area contributed by atoms with Crippen molar-refractivity contribution in [2.24, 2.45) is 0 Å². The van der Waals surface area contributed by atoms with Gasteiger partial charge in [0, 0.05) is 50.8 Å². The fraction of sp³-hybridized carbons (Fsp3) is 0.261. The smallest absolute Gasteiger partial charge is 0.414 e. The van der Waals surface area contributed by atoms with Gasteiger partial charge in [-0.3, -0.25) is 9.69 Å². The van der Waals surface area contributed by atoms with Gasteiger partial charge in [-0.05, 0) is 104 Å². The number of halogens is 2. The average molecular weight is 824 g/mol. The lowest BCUT2D eigenvalue weighted by Gasteiger charge is -2.35. The number of amides is 1. The van der Waals surface area contributed by atoms with Crippen molar-refractivity contribution < 1.29 is 43.2 Å². The first kappa shape index (κ1) is 43.9. The number of carbonyl (C=O) groups is 3. The van der Waals surface area contributed by atoms with Crippen LogP contribution in [0.25, 0.3) is 5.57 Å². The van der Waals surface area contributed by atoms with Gasteiger partial charge >= 0.3 is 11.9 Å². The van der Waals surface area contributed by atoms with Crippen LogP contribution < -0.4 is 14.2 Å². The molecule has 1 fully saturated rings. The molecule has 0 bridgehead atoms. The molecule has 1 amide bonds. The van der Waals surface area contributed by atoms with E-state index in [-0.39, 0.29) is 11.7 Å². The number of allylic oxidation sites excluding steroid dienone is 1. The molecule has 59 heavy (non-hydrogen) atoms. The molecule has 2 N–H and O–H groups in total. The highest BCUT2D eigenvalue weighted by molar-refractivity contribution is 6.32. The van der Waals surface area contributed by atoms with E-state index in [2.05, 4.69) is 53.2 Å². The Morgan fingerprint density at radius 1 is 0.763 bits per heavy atom. The van der Waals surface area contributed by atoms with Crippen molar-refractivity contribution in [3.05, 3.63) is 153 Å². The molecule has 0 radical (unpaired) electrons. The number of rotatable bonds is 13. The number of hydrogen-bond donors (Lipinski definition) is 2. The van der Waals surface area contributed by atoms with E-state index in [9.17, 15) is 9.18 Å². The zero-order chi connectivity index (χ0) is 42.5. The molecular formula is C46H47ClFN3O8. The molecule has 1 aliphatic rings. The SMILES string of the molecule is C/C(C(=O)N1CCN(Cc2ccc(CCOc3ccc(F)cc3)cc2)CC1)=C(/C)c1cc(C)c(Oc2ccc(OCc3ccc(C)cc3)cn2)c(Cl)c1.O=C(O)C(=O)O. The van der Waals surface area contributed by atoms with Gasteiger partial charge in [-0.1, -0.05) is 65.7 Å². The monoisotopic (exact) mass is 823 g/mol. The van der Waals surface area contributed by atoms with Gasteiger partial charge < -0.3 is 29.3 Å². The summed E-state index contributed by atoms with van der Waals surface area (Å²) in [5.74, 6) is -1.64. The fourth-order valence-corrected chi connectivity index (χ4v) is 6.46. The number of aliphatic carboxylic acids is 2. The Kier molecular flexibility index (Phi) is 15.6. The summed E-state index contributed by atoms with van der Waals surface area (Å²) in [7, 11) is 0. The van der Waals surface area contributed by atoms with Crippen LogP contribution in [0.5, 0.6) is 23.1 Å². The van der Waals surface area contributed by atoms with Crippen molar-refractivity contribution in [1.29, 1.82) is 0 Å². The van der Waals surface area contributed by atoms with Crippen molar-refractivity contribution in [1.82, 2.24) is 14.8 Å². The van der Waals surface area contributed by atoms with Gasteiger partial charge in [0.25, 0.3) is 0 Å². The summed E-state index contributed by atoms with van der Waals surface area (Å²) >= 11 is 6.75. The lowest BCUT2D eigenvalue weighted by atomic mass is 9.99. The first-order valence-corrected chi connectivity index (χ1v) is 19.4. The topological polar surface area (TPSA) is 139 Å². The van der Waals surface area contributed by atoms with Crippen LogP contribution >= 0.6 is 11.6 Å². The number of ether oxygens (including phenoxy) is 3. The molecule has 0 saturated carbocycles. The second-order valence-electron chi connectivity index (χ2n) is 14.1. The Bertz CT molecular complexity index is 2200. The maximum absolute atomic E-state index is 13.6. The Labute approximate surface area is 348 Å². The number of nitrogens with zero attached hydrogens (tertiary/aromatic N) is 3. The first-order chi connectivity index (χ1) is 28.2. The number of carboxylic acid groups (broad SMARTS) is 2. The van der Waals surface area contributed by atoms with Crippen molar-refractivity contribution >= 4 is 35.0 Å². The van der Waals surface area contributed by atoms with E-state index in [4.69, 9.17) is 45.6 Å². The third kappa shape index (κ3) is 13.1. The van der Waals surface area contributed by atoms with Crippen molar-refractivity contribution in [3.63, 3.8) is 0 Å². The molecule has 11 nitrogen and oxygen atoms in total. The second kappa shape index (κ2) is 21.0. The van der Waals surface area contributed by atoms with E-state index in [1.807, 2.05) is 56.0 Å². The van der Waals surface area contributed by atoms with Crippen molar-refractivity contribution in [2.45, 2.75) is 47.3 Å². The third-order valence-corrected chi connectivity index (χ3v) is 10.0. The molecule has 2 heterocycles. The molecule has 6 rings (SSSR count). The van der Waals surface area contributed by atoms with Crippen LogP contribution in [0, 0.1) is 19.7 Å². The number of aryl methyl sites for hydroxylation is 2. The highest BCUT2D eigenvalue weighted by atomic mass is 35.5. The Morgan fingerprint density at radius 2 is 1.37 bits per heavy atom. The molecule has 1 aliphatic heterocycles. The van der Waals surface area contributed by atoms with Crippen LogP contribution in [0.4, 0.5) is 4.39 Å². The van der Waals surface area contributed by atoms with E-state index in [1.165, 1.54) is 28.8 Å². The quantitative estimate of drug-likeness (QED) is 0.0876. The molecule has 0 unspecified atom stereocenters. The van der Waals surface area contributed by atoms with Gasteiger partial charge in [-0.2, -0.15) is 0 Å². The van der Waals surface area contributed by atoms with E-state index >= 15 is 0 Å². The summed E-state index contributed by atoms with van der Waals surface area (Å²) in [5, 5.41) is 15.2. The highest BCUT2D eigenvalue weighted by Crippen LogP contribution is 2.36. The van der Waals surface area contributed by atoms with E-state index in [0.717, 1.165) is 48.3 Å². The van der Waals surface area contributed by atoms with Crippen LogP contribution in [0.1, 0.15) is 47.2 Å². The normalized spacial score (nSPS) is 13.1. The standard InChI is InChI=1S/C44H45ClFN3O4.C2H2O4/c1-30-5-7-36(8-6-30)29-52-40-17-18-42(47-27-40)53-43-31(2)25-37(26-41(43)45)32(3)33(4)44(50)49-22-20-48(21-23-49)28-35-11-9-34(10-12-35)19-24-51-39-15-13-38(46)14-16-39;3-1(4)2(5)6/h5-18,25-27H,19-24,28-29H2,1-4H3;(H,3,4)(H,5,6)/b33-32+;. The minimum atomic E-state index is -1.82. The Morgan fingerprint density at radius 3 is 1.97 bits per heavy atom. The highest BCUT2D eigenvalue weighted by Gasteiger charge is 2.24. The lowest BCUT2D eigenvalue weighted by molar-refractivity contribution is -0.159. The van der Waals surface area contributed by atoms with Gasteiger partial charge in [0.2, 0.25) is 11.8 Å². The predicted octanol–water partition coefficient (Wildman–Crippen LogP) is 8.78. The molecule has 5 aromatic rings. The van der Waals surface area contributed by atoms with Crippen LogP contribution in [0.15, 0.2) is 109 Å². The van der Waals surface area contributed by atoms with Gasteiger partial charge in [-0.25, -0.2) is 19.0 Å². The van der Waals surface area contributed by atoms with E-state index < -0.39 is 11.9 Å². The second-order valence-corrected chi connectivity index (χ2v) is 14.5. The Balaban J connectivity index is 0.00000102. The van der Waals surface area contributed by atoms with Crippen molar-refractivity contribution in [3.8, 4) is 23.1 Å². The third-order valence-electron chi connectivity index (χ3n) is 9.73.